The average Bonchev–Trinajstić information content (AvgIpc) is 3.41. The third-order valence-corrected chi connectivity index (χ3v) is 5.43. The Kier molecular flexibility index (Phi) is 4.67. The topological polar surface area (TPSA) is 67.0 Å². The molecule has 1 fully saturated rings. The molecule has 0 atom stereocenters. The number of H-pyrrole nitrogens is 1. The number of imidazole rings is 1. The minimum Gasteiger partial charge on any atom is -0.497 e. The fourth-order valence-electron chi connectivity index (χ4n) is 3.95. The van der Waals surface area contributed by atoms with Crippen LogP contribution in [-0.2, 0) is 10.2 Å². The van der Waals surface area contributed by atoms with Gasteiger partial charge in [-0.3, -0.25) is 4.79 Å². The van der Waals surface area contributed by atoms with E-state index in [9.17, 15) is 4.79 Å². The summed E-state index contributed by atoms with van der Waals surface area (Å²) >= 11 is 0. The minimum absolute atomic E-state index is 0.0572. The molecule has 0 bridgehead atoms. The molecule has 1 aliphatic carbocycles. The third kappa shape index (κ3) is 3.33. The Morgan fingerprint density at radius 1 is 1.15 bits per heavy atom. The zero-order valence-corrected chi connectivity index (χ0v) is 15.4. The van der Waals surface area contributed by atoms with Gasteiger partial charge in [0.05, 0.1) is 12.5 Å². The summed E-state index contributed by atoms with van der Waals surface area (Å²) in [6.07, 6.45) is 7.36. The molecule has 138 valence electrons. The van der Waals surface area contributed by atoms with Crippen LogP contribution in [-0.4, -0.2) is 23.0 Å². The molecular formula is C22H23N3O2. The molecule has 4 rings (SSSR count). The lowest BCUT2D eigenvalue weighted by Crippen LogP contribution is -2.38. The quantitative estimate of drug-likeness (QED) is 0.701. The van der Waals surface area contributed by atoms with Gasteiger partial charge in [-0.2, -0.15) is 0 Å². The summed E-state index contributed by atoms with van der Waals surface area (Å²) in [4.78, 5) is 20.7. The van der Waals surface area contributed by atoms with Crippen LogP contribution >= 0.6 is 0 Å². The van der Waals surface area contributed by atoms with Gasteiger partial charge >= 0.3 is 0 Å². The average molecular weight is 361 g/mol. The van der Waals surface area contributed by atoms with Crippen molar-refractivity contribution in [3.63, 3.8) is 0 Å². The molecule has 0 radical (unpaired) electrons. The Bertz CT molecular complexity index is 911. The highest BCUT2D eigenvalue weighted by Crippen LogP contribution is 2.42. The first-order valence-corrected chi connectivity index (χ1v) is 9.27. The first-order chi connectivity index (χ1) is 13.2. The summed E-state index contributed by atoms with van der Waals surface area (Å²) in [6, 6.07) is 15.7. The van der Waals surface area contributed by atoms with Crippen molar-refractivity contribution in [1.82, 2.24) is 9.97 Å². The van der Waals surface area contributed by atoms with Crippen LogP contribution in [0.25, 0.3) is 11.4 Å². The number of carbonyl (C=O) groups is 1. The van der Waals surface area contributed by atoms with Gasteiger partial charge in [-0.1, -0.05) is 37.1 Å². The van der Waals surface area contributed by atoms with Crippen molar-refractivity contribution < 1.29 is 9.53 Å². The van der Waals surface area contributed by atoms with Crippen molar-refractivity contribution >= 4 is 11.6 Å². The van der Waals surface area contributed by atoms with Gasteiger partial charge in [-0.25, -0.2) is 4.98 Å². The van der Waals surface area contributed by atoms with Gasteiger partial charge in [0.15, 0.2) is 0 Å². The summed E-state index contributed by atoms with van der Waals surface area (Å²) in [7, 11) is 1.65. The highest BCUT2D eigenvalue weighted by Gasteiger charge is 2.42. The number of anilines is 1. The number of amides is 1. The van der Waals surface area contributed by atoms with Crippen molar-refractivity contribution in [2.24, 2.45) is 0 Å². The first kappa shape index (κ1) is 17.3. The molecule has 0 aliphatic heterocycles. The molecular weight excluding hydrogens is 338 g/mol. The van der Waals surface area contributed by atoms with Gasteiger partial charge < -0.3 is 15.0 Å². The second-order valence-corrected chi connectivity index (χ2v) is 6.99. The van der Waals surface area contributed by atoms with Crippen LogP contribution in [0.5, 0.6) is 5.75 Å². The van der Waals surface area contributed by atoms with Gasteiger partial charge in [-0.05, 0) is 42.7 Å². The Morgan fingerprint density at radius 3 is 2.59 bits per heavy atom. The molecule has 1 aromatic heterocycles. The summed E-state index contributed by atoms with van der Waals surface area (Å²) in [5, 5.41) is 3.14. The molecule has 0 saturated heterocycles. The number of aromatic nitrogens is 2. The van der Waals surface area contributed by atoms with Crippen LogP contribution in [0.1, 0.15) is 31.2 Å². The predicted molar refractivity (Wildman–Crippen MR) is 106 cm³/mol. The van der Waals surface area contributed by atoms with Gasteiger partial charge in [0.25, 0.3) is 0 Å². The van der Waals surface area contributed by atoms with E-state index in [-0.39, 0.29) is 5.91 Å². The van der Waals surface area contributed by atoms with Gasteiger partial charge in [0, 0.05) is 23.6 Å². The largest absolute Gasteiger partial charge is 0.497 e. The van der Waals surface area contributed by atoms with Gasteiger partial charge in [0.1, 0.15) is 11.6 Å². The van der Waals surface area contributed by atoms with E-state index < -0.39 is 5.41 Å². The summed E-state index contributed by atoms with van der Waals surface area (Å²) in [5.41, 5.74) is 2.31. The number of methoxy groups -OCH3 is 1. The Balaban J connectivity index is 1.60. The van der Waals surface area contributed by atoms with E-state index in [1.165, 1.54) is 0 Å². The number of ether oxygens (including phenoxy) is 1. The molecule has 1 amide bonds. The van der Waals surface area contributed by atoms with E-state index in [0.717, 1.165) is 54.1 Å². The lowest BCUT2D eigenvalue weighted by Gasteiger charge is -2.28. The number of carbonyl (C=O) groups excluding carboxylic acids is 1. The van der Waals surface area contributed by atoms with Crippen LogP contribution in [0.4, 0.5) is 5.69 Å². The maximum absolute atomic E-state index is 13.3. The normalized spacial score (nSPS) is 15.4. The van der Waals surface area contributed by atoms with E-state index >= 15 is 0 Å². The molecule has 5 heteroatoms. The Hall–Kier alpha value is -3.08. The molecule has 0 unspecified atom stereocenters. The van der Waals surface area contributed by atoms with Crippen LogP contribution < -0.4 is 10.1 Å². The van der Waals surface area contributed by atoms with Crippen LogP contribution in [0.3, 0.4) is 0 Å². The smallest absolute Gasteiger partial charge is 0.235 e. The van der Waals surface area contributed by atoms with Gasteiger partial charge in [0.2, 0.25) is 5.91 Å². The van der Waals surface area contributed by atoms with Crippen molar-refractivity contribution in [2.75, 3.05) is 12.4 Å². The highest BCUT2D eigenvalue weighted by atomic mass is 16.5. The summed E-state index contributed by atoms with van der Waals surface area (Å²) < 4.78 is 5.26. The first-order valence-electron chi connectivity index (χ1n) is 9.27. The molecule has 1 aliphatic rings. The number of nitrogens with zero attached hydrogens (tertiary/aromatic N) is 1. The predicted octanol–water partition coefficient (Wildman–Crippen LogP) is 4.54. The van der Waals surface area contributed by atoms with Crippen molar-refractivity contribution in [1.29, 1.82) is 0 Å². The van der Waals surface area contributed by atoms with Gasteiger partial charge in [-0.15, -0.1) is 0 Å². The van der Waals surface area contributed by atoms with Crippen LogP contribution in [0, 0.1) is 0 Å². The maximum Gasteiger partial charge on any atom is 0.235 e. The highest BCUT2D eigenvalue weighted by molar-refractivity contribution is 5.99. The molecule has 0 spiro atoms. The number of hydrogen-bond donors (Lipinski definition) is 2. The van der Waals surface area contributed by atoms with Crippen LogP contribution in [0.2, 0.25) is 0 Å². The molecule has 5 nitrogen and oxygen atoms in total. The number of nitrogens with one attached hydrogen (secondary N) is 2. The van der Waals surface area contributed by atoms with E-state index in [1.54, 1.807) is 19.5 Å². The molecule has 2 N–H and O–H groups in total. The number of benzene rings is 2. The SMILES string of the molecule is COc1ccc(C2(C(=O)Nc3cccc(-c4ncc[nH]4)c3)CCCC2)cc1. The molecule has 1 saturated carbocycles. The van der Waals surface area contributed by atoms with E-state index in [0.29, 0.717) is 0 Å². The van der Waals surface area contributed by atoms with Crippen LogP contribution in [0.15, 0.2) is 60.9 Å². The maximum atomic E-state index is 13.3. The van der Waals surface area contributed by atoms with Crippen molar-refractivity contribution in [2.45, 2.75) is 31.1 Å². The third-order valence-electron chi connectivity index (χ3n) is 5.43. The fraction of sp³-hybridized carbons (Fsp3) is 0.273. The lowest BCUT2D eigenvalue weighted by atomic mass is 9.78. The molecule has 1 heterocycles. The zero-order valence-electron chi connectivity index (χ0n) is 15.4. The summed E-state index contributed by atoms with van der Waals surface area (Å²) in [5.74, 6) is 1.65. The van der Waals surface area contributed by atoms with E-state index in [2.05, 4.69) is 15.3 Å². The molecule has 27 heavy (non-hydrogen) atoms. The number of aromatic amines is 1. The zero-order chi connectivity index (χ0) is 18.7. The second-order valence-electron chi connectivity index (χ2n) is 6.99. The Labute approximate surface area is 158 Å². The fourth-order valence-corrected chi connectivity index (χ4v) is 3.95. The Morgan fingerprint density at radius 2 is 1.93 bits per heavy atom. The summed E-state index contributed by atoms with van der Waals surface area (Å²) in [6.45, 7) is 0. The minimum atomic E-state index is -0.479. The monoisotopic (exact) mass is 361 g/mol. The van der Waals surface area contributed by atoms with Crippen molar-refractivity contribution in [3.8, 4) is 17.1 Å². The number of rotatable bonds is 5. The number of hydrogen-bond acceptors (Lipinski definition) is 3. The van der Waals surface area contributed by atoms with E-state index in [1.807, 2.05) is 48.5 Å². The van der Waals surface area contributed by atoms with Crippen molar-refractivity contribution in [3.05, 3.63) is 66.5 Å². The lowest BCUT2D eigenvalue weighted by molar-refractivity contribution is -0.121. The second kappa shape index (κ2) is 7.27. The molecule has 3 aromatic rings. The standard InChI is InChI=1S/C22H23N3O2/c1-27-19-9-7-17(8-10-19)22(11-2-3-12-22)21(26)25-18-6-4-5-16(15-18)20-23-13-14-24-20/h4-10,13-15H,2-3,11-12H2,1H3,(H,23,24)(H,25,26). The van der Waals surface area contributed by atoms with E-state index in [4.69, 9.17) is 4.74 Å². The molecule has 2 aromatic carbocycles.